The summed E-state index contributed by atoms with van der Waals surface area (Å²) in [7, 11) is 1.70. The van der Waals surface area contributed by atoms with Crippen LogP contribution in [0.15, 0.2) is 22.7 Å². The van der Waals surface area contributed by atoms with E-state index in [1.807, 2.05) is 6.07 Å². The molecule has 0 radical (unpaired) electrons. The lowest BCUT2D eigenvalue weighted by Gasteiger charge is -2.26. The van der Waals surface area contributed by atoms with E-state index in [1.54, 1.807) is 7.11 Å². The maximum Gasteiger partial charge on any atom is 0.133 e. The number of nitrogens with zero attached hydrogens (tertiary/aromatic N) is 1. The maximum atomic E-state index is 5.29. The Morgan fingerprint density at radius 3 is 3.00 bits per heavy atom. The van der Waals surface area contributed by atoms with Crippen molar-refractivity contribution in [2.24, 2.45) is 0 Å². The van der Waals surface area contributed by atoms with E-state index in [0.29, 0.717) is 6.04 Å². The van der Waals surface area contributed by atoms with Crippen molar-refractivity contribution in [2.45, 2.75) is 32.2 Å². The van der Waals surface area contributed by atoms with Crippen molar-refractivity contribution in [3.8, 4) is 5.75 Å². The zero-order chi connectivity index (χ0) is 13.7. The van der Waals surface area contributed by atoms with Crippen LogP contribution in [0.4, 0.5) is 5.69 Å². The van der Waals surface area contributed by atoms with Gasteiger partial charge in [0.1, 0.15) is 5.75 Å². The molecule has 0 aliphatic carbocycles. The van der Waals surface area contributed by atoms with Crippen molar-refractivity contribution in [1.29, 1.82) is 0 Å². The van der Waals surface area contributed by atoms with Crippen LogP contribution in [-0.4, -0.2) is 32.8 Å². The van der Waals surface area contributed by atoms with Gasteiger partial charge in [0, 0.05) is 24.8 Å². The molecule has 1 aliphatic rings. The zero-order valence-corrected chi connectivity index (χ0v) is 13.4. The van der Waals surface area contributed by atoms with Gasteiger partial charge in [-0.3, -0.25) is 0 Å². The first-order valence-corrected chi connectivity index (χ1v) is 7.85. The summed E-state index contributed by atoms with van der Waals surface area (Å²) in [6.45, 7) is 5.58. The minimum Gasteiger partial charge on any atom is -0.496 e. The number of rotatable bonds is 4. The SMILES string of the molecule is CCCC1CN(c2ccc(OC)c(Br)c2)CCCN1. The Morgan fingerprint density at radius 1 is 1.47 bits per heavy atom. The number of methoxy groups -OCH3 is 1. The predicted molar refractivity (Wildman–Crippen MR) is 84.2 cm³/mol. The van der Waals surface area contributed by atoms with Crippen molar-refractivity contribution < 1.29 is 4.74 Å². The highest BCUT2D eigenvalue weighted by Crippen LogP contribution is 2.30. The van der Waals surface area contributed by atoms with Crippen molar-refractivity contribution in [2.75, 3.05) is 31.6 Å². The molecule has 1 aromatic carbocycles. The molecule has 1 N–H and O–H groups in total. The van der Waals surface area contributed by atoms with Crippen LogP contribution in [-0.2, 0) is 0 Å². The van der Waals surface area contributed by atoms with Crippen molar-refractivity contribution in [3.05, 3.63) is 22.7 Å². The summed E-state index contributed by atoms with van der Waals surface area (Å²) in [5.74, 6) is 0.891. The molecule has 0 bridgehead atoms. The molecule has 1 atom stereocenters. The van der Waals surface area contributed by atoms with Gasteiger partial charge < -0.3 is 15.0 Å². The lowest BCUT2D eigenvalue weighted by molar-refractivity contribution is 0.412. The van der Waals surface area contributed by atoms with E-state index in [1.165, 1.54) is 24.9 Å². The summed E-state index contributed by atoms with van der Waals surface area (Å²) >= 11 is 3.57. The molecule has 19 heavy (non-hydrogen) atoms. The fourth-order valence-corrected chi connectivity index (χ4v) is 3.15. The highest BCUT2D eigenvalue weighted by atomic mass is 79.9. The number of benzene rings is 1. The van der Waals surface area contributed by atoms with Gasteiger partial charge in [0.05, 0.1) is 11.6 Å². The fraction of sp³-hybridized carbons (Fsp3) is 0.600. The molecular weight excluding hydrogens is 304 g/mol. The largest absolute Gasteiger partial charge is 0.496 e. The Balaban J connectivity index is 2.12. The van der Waals surface area contributed by atoms with Crippen molar-refractivity contribution in [3.63, 3.8) is 0 Å². The minimum absolute atomic E-state index is 0.605. The maximum absolute atomic E-state index is 5.29. The third-order valence-corrected chi connectivity index (χ3v) is 4.24. The molecule has 0 aromatic heterocycles. The zero-order valence-electron chi connectivity index (χ0n) is 11.8. The number of hydrogen-bond acceptors (Lipinski definition) is 3. The Labute approximate surface area is 124 Å². The van der Waals surface area contributed by atoms with E-state index < -0.39 is 0 Å². The molecule has 0 spiro atoms. The quantitative estimate of drug-likeness (QED) is 0.917. The molecule has 3 nitrogen and oxygen atoms in total. The van der Waals surface area contributed by atoms with Gasteiger partial charge in [-0.25, -0.2) is 0 Å². The minimum atomic E-state index is 0.605. The van der Waals surface area contributed by atoms with Crippen LogP contribution in [0.25, 0.3) is 0 Å². The molecule has 4 heteroatoms. The van der Waals surface area contributed by atoms with Crippen LogP contribution in [0, 0.1) is 0 Å². The van der Waals surface area contributed by atoms with Gasteiger partial charge in [-0.15, -0.1) is 0 Å². The van der Waals surface area contributed by atoms with E-state index >= 15 is 0 Å². The average Bonchev–Trinajstić information content (AvgIpc) is 2.65. The van der Waals surface area contributed by atoms with Crippen LogP contribution in [0.1, 0.15) is 26.2 Å². The summed E-state index contributed by atoms with van der Waals surface area (Å²) < 4.78 is 6.32. The van der Waals surface area contributed by atoms with Gasteiger partial charge in [-0.1, -0.05) is 13.3 Å². The molecule has 0 amide bonds. The summed E-state index contributed by atoms with van der Waals surface area (Å²) in [6.07, 6.45) is 3.68. The smallest absolute Gasteiger partial charge is 0.133 e. The van der Waals surface area contributed by atoms with Gasteiger partial charge in [-0.05, 0) is 53.5 Å². The second kappa shape index (κ2) is 7.15. The fourth-order valence-electron chi connectivity index (χ4n) is 2.63. The first kappa shape index (κ1) is 14.7. The molecule has 106 valence electrons. The number of hydrogen-bond donors (Lipinski definition) is 1. The van der Waals surface area contributed by atoms with E-state index in [0.717, 1.165) is 29.9 Å². The van der Waals surface area contributed by atoms with Gasteiger partial charge in [0.15, 0.2) is 0 Å². The average molecular weight is 327 g/mol. The molecule has 1 aromatic rings. The van der Waals surface area contributed by atoms with Gasteiger partial charge in [0.2, 0.25) is 0 Å². The third-order valence-electron chi connectivity index (χ3n) is 3.62. The van der Waals surface area contributed by atoms with Gasteiger partial charge >= 0.3 is 0 Å². The Hall–Kier alpha value is -0.740. The molecule has 1 saturated heterocycles. The van der Waals surface area contributed by atoms with E-state index in [4.69, 9.17) is 4.74 Å². The Morgan fingerprint density at radius 2 is 2.32 bits per heavy atom. The number of ether oxygens (including phenoxy) is 1. The van der Waals surface area contributed by atoms with E-state index in [-0.39, 0.29) is 0 Å². The lowest BCUT2D eigenvalue weighted by atomic mass is 10.1. The van der Waals surface area contributed by atoms with Gasteiger partial charge in [0.25, 0.3) is 0 Å². The lowest BCUT2D eigenvalue weighted by Crippen LogP contribution is -2.37. The summed E-state index contributed by atoms with van der Waals surface area (Å²) in [5.41, 5.74) is 1.28. The first-order chi connectivity index (χ1) is 9.24. The highest BCUT2D eigenvalue weighted by molar-refractivity contribution is 9.10. The van der Waals surface area contributed by atoms with E-state index in [2.05, 4.69) is 45.2 Å². The second-order valence-electron chi connectivity index (χ2n) is 5.06. The van der Waals surface area contributed by atoms with Gasteiger partial charge in [-0.2, -0.15) is 0 Å². The Kier molecular flexibility index (Phi) is 5.52. The normalized spacial score (nSPS) is 20.2. The highest BCUT2D eigenvalue weighted by Gasteiger charge is 2.17. The number of nitrogens with one attached hydrogen (secondary N) is 1. The van der Waals surface area contributed by atoms with Crippen molar-refractivity contribution >= 4 is 21.6 Å². The summed E-state index contributed by atoms with van der Waals surface area (Å²) in [5, 5.41) is 3.64. The first-order valence-electron chi connectivity index (χ1n) is 7.06. The topological polar surface area (TPSA) is 24.5 Å². The van der Waals surface area contributed by atoms with Crippen LogP contribution < -0.4 is 15.0 Å². The molecule has 0 saturated carbocycles. The molecule has 1 aliphatic heterocycles. The van der Waals surface area contributed by atoms with Crippen LogP contribution in [0.3, 0.4) is 0 Å². The van der Waals surface area contributed by atoms with Crippen LogP contribution in [0.5, 0.6) is 5.75 Å². The van der Waals surface area contributed by atoms with E-state index in [9.17, 15) is 0 Å². The van der Waals surface area contributed by atoms with Crippen molar-refractivity contribution in [1.82, 2.24) is 5.32 Å². The second-order valence-corrected chi connectivity index (χ2v) is 5.91. The molecule has 1 unspecified atom stereocenters. The van der Waals surface area contributed by atoms with Crippen LogP contribution >= 0.6 is 15.9 Å². The number of halogens is 1. The predicted octanol–water partition coefficient (Wildman–Crippen LogP) is 3.43. The standard InChI is InChI=1S/C15H23BrN2O/c1-3-5-12-11-18(9-4-8-17-12)13-6-7-15(19-2)14(16)10-13/h6-7,10,12,17H,3-5,8-9,11H2,1-2H3. The molecular formula is C15H23BrN2O. The summed E-state index contributed by atoms with van der Waals surface area (Å²) in [6, 6.07) is 6.95. The molecule has 1 heterocycles. The Bertz CT molecular complexity index is 411. The molecule has 1 fully saturated rings. The number of anilines is 1. The monoisotopic (exact) mass is 326 g/mol. The third kappa shape index (κ3) is 3.86. The van der Waals surface area contributed by atoms with Crippen LogP contribution in [0.2, 0.25) is 0 Å². The molecule has 2 rings (SSSR count). The summed E-state index contributed by atoms with van der Waals surface area (Å²) in [4.78, 5) is 2.48.